The third kappa shape index (κ3) is 14.4. The summed E-state index contributed by atoms with van der Waals surface area (Å²) in [5.74, 6) is -143. The third-order valence-electron chi connectivity index (χ3n) is 18.9. The molecule has 0 bridgehead atoms. The second-order valence-electron chi connectivity index (χ2n) is 25.2. The largest absolute Gasteiger partial charge is 0.296 e. The Labute approximate surface area is 668 Å². The van der Waals surface area contributed by atoms with Crippen LogP contribution in [-0.2, 0) is 10.9 Å². The predicted molar refractivity (Wildman–Crippen MR) is 351 cm³/mol. The first-order valence-electron chi connectivity index (χ1n) is 32.5. The van der Waals surface area contributed by atoms with E-state index < -0.39 is 289 Å². The second kappa shape index (κ2) is 34.3. The molecule has 0 heterocycles. The molecule has 0 radical (unpaired) electrons. The van der Waals surface area contributed by atoms with Crippen LogP contribution in [0.3, 0.4) is 0 Å². The maximum atomic E-state index is 15.4. The van der Waals surface area contributed by atoms with Gasteiger partial charge in [-0.1, -0.05) is 60.7 Å². The minimum absolute atomic E-state index is 0.110. The number of halogens is 41. The fourth-order valence-electron chi connectivity index (χ4n) is 13.6. The summed E-state index contributed by atoms with van der Waals surface area (Å²) < 4.78 is 589. The summed E-state index contributed by atoms with van der Waals surface area (Å²) in [6, 6.07) is 48.3. The van der Waals surface area contributed by atoms with Crippen molar-refractivity contribution in [3.63, 3.8) is 0 Å². The molecule has 0 saturated carbocycles. The van der Waals surface area contributed by atoms with Crippen molar-refractivity contribution in [2.75, 3.05) is 0 Å². The van der Waals surface area contributed by atoms with Gasteiger partial charge in [-0.25, -0.2) is 176 Å². The highest BCUT2D eigenvalue weighted by molar-refractivity contribution is 7.97. The minimum atomic E-state index is -7.22. The number of benzene rings is 13. The van der Waals surface area contributed by atoms with Crippen molar-refractivity contribution in [1.29, 1.82) is 0 Å². The highest BCUT2D eigenvalue weighted by Crippen LogP contribution is 2.38. The Morgan fingerprint density at radius 3 is 0.402 bits per heavy atom. The van der Waals surface area contributed by atoms with E-state index in [2.05, 4.69) is 133 Å². The van der Waals surface area contributed by atoms with Crippen LogP contribution in [0.15, 0.2) is 148 Å². The predicted octanol–water partition coefficient (Wildman–Crippen LogP) is 16.3. The molecule has 13 aromatic rings. The Morgan fingerprint density at radius 1 is 0.139 bits per heavy atom. The molecule has 0 aliphatic heterocycles. The van der Waals surface area contributed by atoms with E-state index in [9.17, 15) is 105 Å². The lowest BCUT2D eigenvalue weighted by Gasteiger charge is -2.44. The van der Waals surface area contributed by atoms with Crippen LogP contribution in [0.2, 0.25) is 0 Å². The molecule has 0 atom stereocenters. The van der Waals surface area contributed by atoms with Gasteiger partial charge in [-0.05, 0) is 95.1 Å². The highest BCUT2D eigenvalue weighted by Gasteiger charge is 2.55. The van der Waals surface area contributed by atoms with Gasteiger partial charge in [-0.15, -0.1) is 43.7 Å². The van der Waals surface area contributed by atoms with Gasteiger partial charge in [0, 0.05) is 0 Å². The maximum Gasteiger partial charge on any atom is 0.296 e. The first-order chi connectivity index (χ1) is 57.2. The van der Waals surface area contributed by atoms with Gasteiger partial charge >= 0.3 is 0 Å². The van der Waals surface area contributed by atoms with Crippen LogP contribution in [0.5, 0.6) is 0 Å². The number of rotatable bonds is 13. The topological polar surface area (TPSA) is 0 Å². The van der Waals surface area contributed by atoms with Gasteiger partial charge in [0.15, 0.2) is 158 Å². The summed E-state index contributed by atoms with van der Waals surface area (Å²) in [5, 5.41) is 0. The van der Waals surface area contributed by atoms with Crippen molar-refractivity contribution < 1.29 is 198 Å². The molecule has 0 aliphatic carbocycles. The lowest BCUT2D eigenvalue weighted by Crippen LogP contribution is -3.34. The summed E-state index contributed by atoms with van der Waals surface area (Å²) >= 11 is 2.05. The SMILES string of the molecule is Fc1c(F)c(F)c([B-](c2c(F)c(F)c(F)c(F)c2F)(c2c(F)c(F)c(F)c(F)c2F)c2c(F)c(F)c(F)c(F)c2F)c(F)c1F.Fc1c(F)c(F)c([B-](c2c(F)c(F)c(F)c(F)c2F)(c2c(F)c(F)c(F)c(F)c2F)c2c(F)c(F)c(F)c(F)c2F)c(F)c1F.[IH+]c1ccc(-c2ccc(-c3ccc([S+](c4ccccc4)c4ccccc4)cc3)cc2)cc1. The first-order valence-corrected chi connectivity index (χ1v) is 34.9. The van der Waals surface area contributed by atoms with E-state index in [-0.39, 0.29) is 10.9 Å². The lowest BCUT2D eigenvalue weighted by atomic mass is 9.12. The minimum Gasteiger partial charge on any atom is -0.207 e. The molecule has 13 aromatic carbocycles. The highest BCUT2D eigenvalue weighted by atomic mass is 127. The Balaban J connectivity index is 0.000000181. The van der Waals surface area contributed by atoms with Crippen LogP contribution < -0.4 is 66.3 Å². The smallest absolute Gasteiger partial charge is 0.207 e. The van der Waals surface area contributed by atoms with Gasteiger partial charge in [-0.2, -0.15) is 0 Å². The van der Waals surface area contributed by atoms with Crippen LogP contribution >= 0.6 is 0 Å². The molecule has 122 heavy (non-hydrogen) atoms. The fraction of sp³-hybridized carbons (Fsp3) is 0. The molecule has 0 unspecified atom stereocenters. The van der Waals surface area contributed by atoms with E-state index in [1.54, 1.807) is 0 Å². The van der Waals surface area contributed by atoms with Crippen molar-refractivity contribution in [1.82, 2.24) is 0 Å². The van der Waals surface area contributed by atoms with Gasteiger partial charge in [-0.3, -0.25) is 0 Å². The molecule has 0 amide bonds. The van der Waals surface area contributed by atoms with Gasteiger partial charge in [0.05, 0.1) is 10.9 Å². The molecule has 0 spiro atoms. The van der Waals surface area contributed by atoms with Gasteiger partial charge in [0.25, 0.3) is 22.6 Å². The molecule has 0 fully saturated rings. The summed E-state index contributed by atoms with van der Waals surface area (Å²) in [7, 11) is -0.110. The van der Waals surface area contributed by atoms with Crippen LogP contribution in [0.25, 0.3) is 22.3 Å². The zero-order valence-corrected chi connectivity index (χ0v) is 60.9. The van der Waals surface area contributed by atoms with Crippen molar-refractivity contribution in [2.45, 2.75) is 14.7 Å². The Kier molecular flexibility index (Phi) is 25.6. The van der Waals surface area contributed by atoms with E-state index in [4.69, 9.17) is 0 Å². The number of hydrogen-bond acceptors (Lipinski definition) is 0. The summed E-state index contributed by atoms with van der Waals surface area (Å²) in [5.41, 5.74) is -23.7. The first kappa shape index (κ1) is 91.0. The Morgan fingerprint density at radius 2 is 0.254 bits per heavy atom. The quantitative estimate of drug-likeness (QED) is 0.0270. The van der Waals surface area contributed by atoms with Crippen LogP contribution in [0.4, 0.5) is 176 Å². The van der Waals surface area contributed by atoms with E-state index in [1.807, 2.05) is 22.6 Å². The van der Waals surface area contributed by atoms with E-state index in [0.29, 0.717) is 0 Å². The van der Waals surface area contributed by atoms with E-state index in [0.717, 1.165) is 0 Å². The fourth-order valence-corrected chi connectivity index (χ4v) is 16.0. The second-order valence-corrected chi connectivity index (χ2v) is 28.5. The average Bonchev–Trinajstić information content (AvgIpc) is 0.684. The zero-order chi connectivity index (χ0) is 90.5. The molecule has 0 aromatic heterocycles. The molecule has 0 nitrogen and oxygen atoms in total. The van der Waals surface area contributed by atoms with E-state index >= 15 is 70.2 Å². The van der Waals surface area contributed by atoms with Gasteiger partial charge in [0.2, 0.25) is 0 Å². The maximum absolute atomic E-state index is 15.4. The summed E-state index contributed by atoms with van der Waals surface area (Å²) in [4.78, 5) is 4.02. The molecule has 0 N–H and O–H groups in total. The van der Waals surface area contributed by atoms with Crippen molar-refractivity contribution in [3.8, 4) is 22.3 Å². The summed E-state index contributed by atoms with van der Waals surface area (Å²) in [6.07, 6.45) is -14.4. The molecule has 634 valence electrons. The molecular weight excluding hydrogens is 1880 g/mol. The van der Waals surface area contributed by atoms with Gasteiger partial charge < -0.3 is 0 Å². The van der Waals surface area contributed by atoms with Crippen LogP contribution in [0.1, 0.15) is 0 Å². The summed E-state index contributed by atoms with van der Waals surface area (Å²) in [6.45, 7) is 0. The van der Waals surface area contributed by atoms with Gasteiger partial charge in [0.1, 0.15) is 105 Å². The third-order valence-corrected chi connectivity index (χ3v) is 21.9. The lowest BCUT2D eigenvalue weighted by molar-refractivity contribution is -0.328. The van der Waals surface area contributed by atoms with Crippen molar-refractivity contribution in [3.05, 3.63) is 370 Å². The van der Waals surface area contributed by atoms with Crippen molar-refractivity contribution in [2.24, 2.45) is 0 Å². The monoisotopic (exact) mass is 1900 g/mol. The molecule has 0 aliphatic rings. The van der Waals surface area contributed by atoms with Crippen LogP contribution in [0, 0.1) is 236 Å². The molecule has 0 saturated heterocycles. The van der Waals surface area contributed by atoms with Crippen LogP contribution in [-0.4, -0.2) is 12.3 Å². The normalized spacial score (nSPS) is 11.7. The molecule has 13 rings (SSSR count). The average molecular weight is 1900 g/mol. The standard InChI is InChI=1S/C30H23IS.2C24BF20/c31-27-19-15-25(16-20-27)23-11-13-24(14-12-23)26-17-21-30(22-18-26)32(28-7-3-1-4-8-28)29-9-5-2-6-10-29;2*26-5-1(6(27)14(35)21(42)13(5)34)25(2-7(28)15(36)22(43)16(37)8(2)29,3-9(30)17(38)23(44)18(39)10(3)31)4-11(32)19(40)24(45)20(41)12(4)33/h1-22,31H;;/q+2;2*-1. The Bertz CT molecular complexity index is 5340. The molecular formula is C78H23B2F40IS. The van der Waals surface area contributed by atoms with Crippen molar-refractivity contribution >= 4 is 66.9 Å². The Hall–Kier alpha value is -11.7. The zero-order valence-electron chi connectivity index (χ0n) is 57.8. The van der Waals surface area contributed by atoms with E-state index in [1.165, 1.54) is 40.5 Å². The number of hydrogen-bond donors (Lipinski definition) is 0. The molecule has 44 heteroatoms.